The number of carbonyl (C=O) groups is 3. The van der Waals surface area contributed by atoms with Crippen LogP contribution >= 0.6 is 11.3 Å². The summed E-state index contributed by atoms with van der Waals surface area (Å²) >= 11 is 1.43. The molecule has 0 spiro atoms. The Labute approximate surface area is 222 Å². The van der Waals surface area contributed by atoms with Crippen LogP contribution in [0.2, 0.25) is 0 Å². The summed E-state index contributed by atoms with van der Waals surface area (Å²) < 4.78 is 5.36. The van der Waals surface area contributed by atoms with Crippen LogP contribution in [0.15, 0.2) is 29.9 Å². The molecule has 37 heavy (non-hydrogen) atoms. The summed E-state index contributed by atoms with van der Waals surface area (Å²) in [6.45, 7) is 10.1. The summed E-state index contributed by atoms with van der Waals surface area (Å²) in [5.74, 6) is 0.298. The van der Waals surface area contributed by atoms with Crippen molar-refractivity contribution in [3.63, 3.8) is 0 Å². The van der Waals surface area contributed by atoms with E-state index in [9.17, 15) is 14.4 Å². The number of carbonyl (C=O) groups excluding carboxylic acids is 3. The van der Waals surface area contributed by atoms with Gasteiger partial charge in [-0.15, -0.1) is 11.3 Å². The Hall–Kier alpha value is -3.21. The van der Waals surface area contributed by atoms with E-state index >= 15 is 0 Å². The number of hydrogen-bond acceptors (Lipinski definition) is 8. The van der Waals surface area contributed by atoms with Crippen LogP contribution in [0.5, 0.6) is 0 Å². The van der Waals surface area contributed by atoms with E-state index in [-0.39, 0.29) is 18.2 Å². The molecule has 0 saturated heterocycles. The topological polar surface area (TPSA) is 117 Å². The largest absolute Gasteiger partial charge is 0.445 e. The van der Waals surface area contributed by atoms with Crippen molar-refractivity contribution < 1.29 is 19.1 Å². The lowest BCUT2D eigenvalue weighted by molar-refractivity contribution is -0.127. The average Bonchev–Trinajstić information content (AvgIpc) is 3.54. The van der Waals surface area contributed by atoms with Gasteiger partial charge in [-0.1, -0.05) is 27.7 Å². The first kappa shape index (κ1) is 28.4. The second-order valence-electron chi connectivity index (χ2n) is 10.4. The van der Waals surface area contributed by atoms with E-state index in [0.717, 1.165) is 23.8 Å². The van der Waals surface area contributed by atoms with Gasteiger partial charge in [0.15, 0.2) is 5.13 Å². The van der Waals surface area contributed by atoms with E-state index in [1.165, 1.54) is 36.1 Å². The molecule has 0 unspecified atom stereocenters. The monoisotopic (exact) mass is 530 g/mol. The average molecular weight is 531 g/mol. The van der Waals surface area contributed by atoms with Crippen molar-refractivity contribution in [2.24, 2.45) is 17.8 Å². The Bertz CT molecular complexity index is 1040. The quantitative estimate of drug-likeness (QED) is 0.400. The highest BCUT2D eigenvalue weighted by Crippen LogP contribution is 2.32. The molecule has 1 atom stereocenters. The molecule has 0 aliphatic heterocycles. The first-order chi connectivity index (χ1) is 17.6. The Morgan fingerprint density at radius 3 is 2.43 bits per heavy atom. The van der Waals surface area contributed by atoms with Crippen molar-refractivity contribution in [2.75, 3.05) is 25.0 Å². The molecule has 3 rings (SSSR count). The minimum atomic E-state index is -0.823. The Morgan fingerprint density at radius 2 is 1.81 bits per heavy atom. The fourth-order valence-electron chi connectivity index (χ4n) is 3.80. The van der Waals surface area contributed by atoms with Gasteiger partial charge in [0, 0.05) is 37.9 Å². The second-order valence-corrected chi connectivity index (χ2v) is 11.2. The van der Waals surface area contributed by atoms with Crippen molar-refractivity contribution in [1.82, 2.24) is 25.7 Å². The number of aromatic nitrogens is 2. The first-order valence-electron chi connectivity index (χ1n) is 12.7. The van der Waals surface area contributed by atoms with Gasteiger partial charge < -0.3 is 9.64 Å². The number of hydrogen-bond donors (Lipinski definition) is 2. The molecule has 3 amide bonds. The van der Waals surface area contributed by atoms with Crippen LogP contribution in [0.4, 0.5) is 9.93 Å². The van der Waals surface area contributed by atoms with Crippen molar-refractivity contribution in [3.05, 3.63) is 41.2 Å². The summed E-state index contributed by atoms with van der Waals surface area (Å²) in [5.41, 5.74) is 5.95. The molecule has 11 heteroatoms. The van der Waals surface area contributed by atoms with E-state index in [4.69, 9.17) is 4.74 Å². The zero-order chi connectivity index (χ0) is 26.9. The van der Waals surface area contributed by atoms with Gasteiger partial charge in [0.05, 0.1) is 0 Å². The summed E-state index contributed by atoms with van der Waals surface area (Å²) in [6.07, 6.45) is 5.48. The highest BCUT2D eigenvalue weighted by Gasteiger charge is 2.30. The van der Waals surface area contributed by atoms with E-state index in [2.05, 4.69) is 39.6 Å². The van der Waals surface area contributed by atoms with Gasteiger partial charge in [-0.2, -0.15) is 0 Å². The third-order valence-electron chi connectivity index (χ3n) is 5.92. The van der Waals surface area contributed by atoms with Gasteiger partial charge in [-0.25, -0.2) is 9.78 Å². The van der Waals surface area contributed by atoms with E-state index < -0.39 is 23.9 Å². The molecule has 2 aromatic rings. The molecule has 202 valence electrons. The van der Waals surface area contributed by atoms with Gasteiger partial charge in [0.1, 0.15) is 18.3 Å². The van der Waals surface area contributed by atoms with Crippen LogP contribution in [0.1, 0.15) is 63.0 Å². The predicted octanol–water partition coefficient (Wildman–Crippen LogP) is 3.85. The van der Waals surface area contributed by atoms with Gasteiger partial charge in [0.2, 0.25) is 0 Å². The highest BCUT2D eigenvalue weighted by molar-refractivity contribution is 7.13. The van der Waals surface area contributed by atoms with E-state index in [1.807, 2.05) is 13.8 Å². The van der Waals surface area contributed by atoms with Crippen LogP contribution in [0, 0.1) is 17.8 Å². The fourth-order valence-corrected chi connectivity index (χ4v) is 4.63. The van der Waals surface area contributed by atoms with Crippen LogP contribution in [0.3, 0.4) is 0 Å². The summed E-state index contributed by atoms with van der Waals surface area (Å²) in [6, 6.07) is 2.68. The zero-order valence-electron chi connectivity index (χ0n) is 22.3. The zero-order valence-corrected chi connectivity index (χ0v) is 23.1. The highest BCUT2D eigenvalue weighted by atomic mass is 32.1. The van der Waals surface area contributed by atoms with E-state index in [1.54, 1.807) is 29.9 Å². The minimum Gasteiger partial charge on any atom is -0.445 e. The summed E-state index contributed by atoms with van der Waals surface area (Å²) in [4.78, 5) is 50.3. The van der Waals surface area contributed by atoms with Gasteiger partial charge >= 0.3 is 6.09 Å². The molecule has 1 aliphatic rings. The van der Waals surface area contributed by atoms with Gasteiger partial charge in [-0.3, -0.25) is 30.3 Å². The van der Waals surface area contributed by atoms with Crippen molar-refractivity contribution >= 4 is 34.4 Å². The number of ether oxygens (including phenoxy) is 1. The molecule has 2 N–H and O–H groups in total. The fraction of sp³-hybridized carbons (Fsp3) is 0.577. The Morgan fingerprint density at radius 1 is 1.11 bits per heavy atom. The molecule has 0 radical (unpaired) electrons. The first-order valence-corrected chi connectivity index (χ1v) is 13.6. The number of hydrazine groups is 1. The number of rotatable bonds is 12. The molecule has 10 nitrogen and oxygen atoms in total. The molecular weight excluding hydrogens is 492 g/mol. The standard InChI is InChI=1S/C26H38N6O4S/c1-17(2)12-22(31(5)26(35)36-15-20-8-10-27-11-9-20)24(34)30-29-23(33)21-16-37-25(28-21)32(13-18(3)4)14-19-6-7-19/h8-11,16-19,22H,6-7,12-15H2,1-5H3,(H,29,33)(H,30,34)/t22-/m0/s1. The minimum absolute atomic E-state index is 0.0686. The molecule has 0 aromatic carbocycles. The second kappa shape index (κ2) is 13.4. The lowest BCUT2D eigenvalue weighted by Gasteiger charge is -2.28. The molecular formula is C26H38N6O4S. The number of nitrogens with one attached hydrogen (secondary N) is 2. The summed E-state index contributed by atoms with van der Waals surface area (Å²) in [5, 5.41) is 2.51. The number of likely N-dealkylation sites (N-methyl/N-ethyl adjacent to an activating group) is 1. The Kier molecular flexibility index (Phi) is 10.2. The van der Waals surface area contributed by atoms with E-state index in [0.29, 0.717) is 18.3 Å². The predicted molar refractivity (Wildman–Crippen MR) is 143 cm³/mol. The molecule has 2 heterocycles. The number of amides is 3. The SMILES string of the molecule is CC(C)C[C@@H](C(=O)NNC(=O)c1csc(N(CC(C)C)CC2CC2)n1)N(C)C(=O)OCc1ccncc1. The number of nitrogens with zero attached hydrogens (tertiary/aromatic N) is 4. The number of pyridine rings is 1. The van der Waals surface area contributed by atoms with Crippen molar-refractivity contribution in [3.8, 4) is 0 Å². The smallest absolute Gasteiger partial charge is 0.410 e. The summed E-state index contributed by atoms with van der Waals surface area (Å²) in [7, 11) is 1.51. The molecule has 0 bridgehead atoms. The number of thiazole rings is 1. The number of anilines is 1. The van der Waals surface area contributed by atoms with Crippen molar-refractivity contribution in [1.29, 1.82) is 0 Å². The van der Waals surface area contributed by atoms with Crippen LogP contribution in [-0.4, -0.2) is 59.0 Å². The maximum absolute atomic E-state index is 13.0. The lowest BCUT2D eigenvalue weighted by atomic mass is 10.0. The third-order valence-corrected chi connectivity index (χ3v) is 6.82. The van der Waals surface area contributed by atoms with Crippen LogP contribution < -0.4 is 15.8 Å². The third kappa shape index (κ3) is 8.99. The maximum atomic E-state index is 13.0. The van der Waals surface area contributed by atoms with Gasteiger partial charge in [0.25, 0.3) is 11.8 Å². The van der Waals surface area contributed by atoms with Crippen LogP contribution in [0.25, 0.3) is 0 Å². The van der Waals surface area contributed by atoms with Crippen molar-refractivity contribution in [2.45, 2.75) is 59.6 Å². The lowest BCUT2D eigenvalue weighted by Crippen LogP contribution is -2.53. The van der Waals surface area contributed by atoms with Gasteiger partial charge in [-0.05, 0) is 54.7 Å². The molecule has 1 fully saturated rings. The molecule has 1 aliphatic carbocycles. The molecule has 2 aromatic heterocycles. The molecule has 1 saturated carbocycles. The Balaban J connectivity index is 1.57. The maximum Gasteiger partial charge on any atom is 0.410 e. The normalized spacial score (nSPS) is 13.8. The van der Waals surface area contributed by atoms with Crippen LogP contribution in [-0.2, 0) is 16.1 Å².